The van der Waals surface area contributed by atoms with Gasteiger partial charge in [0.1, 0.15) is 5.69 Å². The minimum absolute atomic E-state index is 0.241. The maximum atomic E-state index is 11.4. The Morgan fingerprint density at radius 2 is 2.36 bits per heavy atom. The SMILES string of the molecule is CC(C)CNC(=O)c1ccnc(=O)[nH]1. The second-order valence-electron chi connectivity index (χ2n) is 3.39. The Morgan fingerprint density at radius 1 is 1.64 bits per heavy atom. The number of nitrogens with zero attached hydrogens (tertiary/aromatic N) is 1. The van der Waals surface area contributed by atoms with Gasteiger partial charge in [0.25, 0.3) is 5.91 Å². The summed E-state index contributed by atoms with van der Waals surface area (Å²) in [6.45, 7) is 4.58. The molecule has 14 heavy (non-hydrogen) atoms. The zero-order valence-corrected chi connectivity index (χ0v) is 8.20. The van der Waals surface area contributed by atoms with Gasteiger partial charge in [0.05, 0.1) is 0 Å². The number of carbonyl (C=O) groups excluding carboxylic acids is 1. The normalized spacial score (nSPS) is 10.2. The molecule has 0 fully saturated rings. The van der Waals surface area contributed by atoms with Crippen LogP contribution in [0.3, 0.4) is 0 Å². The molecular weight excluding hydrogens is 182 g/mol. The molecule has 0 aliphatic carbocycles. The molecule has 0 aromatic carbocycles. The Balaban J connectivity index is 2.65. The van der Waals surface area contributed by atoms with Crippen LogP contribution in [0.15, 0.2) is 17.1 Å². The highest BCUT2D eigenvalue weighted by atomic mass is 16.2. The van der Waals surface area contributed by atoms with Crippen LogP contribution < -0.4 is 11.0 Å². The van der Waals surface area contributed by atoms with E-state index in [9.17, 15) is 9.59 Å². The molecule has 2 N–H and O–H groups in total. The molecule has 0 aliphatic rings. The van der Waals surface area contributed by atoms with E-state index in [1.54, 1.807) is 0 Å². The first kappa shape index (κ1) is 10.4. The third kappa shape index (κ3) is 3.01. The van der Waals surface area contributed by atoms with Crippen molar-refractivity contribution in [3.05, 3.63) is 28.4 Å². The first-order valence-corrected chi connectivity index (χ1v) is 4.43. The number of aromatic amines is 1. The summed E-state index contributed by atoms with van der Waals surface area (Å²) in [4.78, 5) is 28.0. The number of amides is 1. The van der Waals surface area contributed by atoms with Crippen molar-refractivity contribution < 1.29 is 4.79 Å². The molecule has 0 bridgehead atoms. The van der Waals surface area contributed by atoms with Gasteiger partial charge >= 0.3 is 5.69 Å². The van der Waals surface area contributed by atoms with Gasteiger partial charge in [-0.3, -0.25) is 4.79 Å². The van der Waals surface area contributed by atoms with Crippen LogP contribution in [0.25, 0.3) is 0 Å². The van der Waals surface area contributed by atoms with Crippen LogP contribution in [-0.4, -0.2) is 22.4 Å². The predicted molar refractivity (Wildman–Crippen MR) is 52.0 cm³/mol. The molecule has 1 rings (SSSR count). The first-order valence-electron chi connectivity index (χ1n) is 4.43. The molecule has 5 heteroatoms. The quantitative estimate of drug-likeness (QED) is 0.721. The highest BCUT2D eigenvalue weighted by Gasteiger charge is 2.05. The maximum absolute atomic E-state index is 11.4. The summed E-state index contributed by atoms with van der Waals surface area (Å²) in [5.74, 6) is 0.103. The predicted octanol–water partition coefficient (Wildman–Crippen LogP) is 0.156. The fraction of sp³-hybridized carbons (Fsp3) is 0.444. The molecule has 5 nitrogen and oxygen atoms in total. The van der Waals surface area contributed by atoms with E-state index in [0.717, 1.165) is 0 Å². The Labute approximate surface area is 81.6 Å². The summed E-state index contributed by atoms with van der Waals surface area (Å²) < 4.78 is 0. The van der Waals surface area contributed by atoms with E-state index in [1.807, 2.05) is 13.8 Å². The van der Waals surface area contributed by atoms with Gasteiger partial charge < -0.3 is 10.3 Å². The summed E-state index contributed by atoms with van der Waals surface area (Å²) in [7, 11) is 0. The molecule has 0 atom stereocenters. The minimum atomic E-state index is -0.512. The van der Waals surface area contributed by atoms with Crippen molar-refractivity contribution in [3.63, 3.8) is 0 Å². The Hall–Kier alpha value is -1.65. The second-order valence-corrected chi connectivity index (χ2v) is 3.39. The van der Waals surface area contributed by atoms with E-state index < -0.39 is 5.69 Å². The summed E-state index contributed by atoms with van der Waals surface area (Å²) in [5, 5.41) is 2.69. The van der Waals surface area contributed by atoms with E-state index in [-0.39, 0.29) is 11.6 Å². The molecule has 0 saturated heterocycles. The van der Waals surface area contributed by atoms with Crippen molar-refractivity contribution in [2.45, 2.75) is 13.8 Å². The van der Waals surface area contributed by atoms with Crippen molar-refractivity contribution in [2.75, 3.05) is 6.54 Å². The van der Waals surface area contributed by atoms with Gasteiger partial charge in [-0.2, -0.15) is 0 Å². The van der Waals surface area contributed by atoms with Crippen LogP contribution in [0.5, 0.6) is 0 Å². The molecule has 1 aromatic rings. The third-order valence-electron chi connectivity index (χ3n) is 1.59. The van der Waals surface area contributed by atoms with E-state index in [0.29, 0.717) is 12.5 Å². The average molecular weight is 195 g/mol. The monoisotopic (exact) mass is 195 g/mol. The van der Waals surface area contributed by atoms with Gasteiger partial charge in [-0.1, -0.05) is 13.8 Å². The number of aromatic nitrogens is 2. The lowest BCUT2D eigenvalue weighted by Crippen LogP contribution is -2.29. The number of hydrogen-bond acceptors (Lipinski definition) is 3. The summed E-state index contributed by atoms with van der Waals surface area (Å²) in [6, 6.07) is 1.47. The highest BCUT2D eigenvalue weighted by Crippen LogP contribution is 1.91. The maximum Gasteiger partial charge on any atom is 0.345 e. The first-order chi connectivity index (χ1) is 6.59. The molecule has 1 heterocycles. The molecular formula is C9H13N3O2. The van der Waals surface area contributed by atoms with Crippen LogP contribution in [0.4, 0.5) is 0 Å². The number of carbonyl (C=O) groups is 1. The van der Waals surface area contributed by atoms with E-state index in [1.165, 1.54) is 12.3 Å². The van der Waals surface area contributed by atoms with Crippen molar-refractivity contribution in [1.82, 2.24) is 15.3 Å². The molecule has 76 valence electrons. The average Bonchev–Trinajstić information content (AvgIpc) is 2.14. The topological polar surface area (TPSA) is 74.8 Å². The Kier molecular flexibility index (Phi) is 3.39. The van der Waals surface area contributed by atoms with Crippen LogP contribution in [0.2, 0.25) is 0 Å². The Bertz CT molecular complexity index is 370. The molecule has 0 aliphatic heterocycles. The van der Waals surface area contributed by atoms with Crippen molar-refractivity contribution in [3.8, 4) is 0 Å². The molecule has 0 radical (unpaired) electrons. The molecule has 0 saturated carbocycles. The second kappa shape index (κ2) is 4.55. The van der Waals surface area contributed by atoms with Gasteiger partial charge in [-0.25, -0.2) is 9.78 Å². The smallest absolute Gasteiger partial charge is 0.345 e. The largest absolute Gasteiger partial charge is 0.351 e. The summed E-state index contributed by atoms with van der Waals surface area (Å²) in [6.07, 6.45) is 1.31. The molecule has 1 amide bonds. The number of rotatable bonds is 3. The van der Waals surface area contributed by atoms with E-state index in [4.69, 9.17) is 0 Å². The van der Waals surface area contributed by atoms with Crippen LogP contribution in [0.1, 0.15) is 24.3 Å². The minimum Gasteiger partial charge on any atom is -0.351 e. The van der Waals surface area contributed by atoms with Gasteiger partial charge in [0.2, 0.25) is 0 Å². The zero-order valence-electron chi connectivity index (χ0n) is 8.20. The van der Waals surface area contributed by atoms with Crippen molar-refractivity contribution in [1.29, 1.82) is 0 Å². The van der Waals surface area contributed by atoms with Crippen LogP contribution in [-0.2, 0) is 0 Å². The third-order valence-corrected chi connectivity index (χ3v) is 1.59. The molecule has 1 aromatic heterocycles. The zero-order chi connectivity index (χ0) is 10.6. The van der Waals surface area contributed by atoms with Gasteiger partial charge in [0.15, 0.2) is 0 Å². The van der Waals surface area contributed by atoms with Crippen molar-refractivity contribution >= 4 is 5.91 Å². The lowest BCUT2D eigenvalue weighted by Gasteiger charge is -2.06. The summed E-state index contributed by atoms with van der Waals surface area (Å²) >= 11 is 0. The lowest BCUT2D eigenvalue weighted by molar-refractivity contribution is 0.0943. The van der Waals surface area contributed by atoms with Gasteiger partial charge in [-0.05, 0) is 12.0 Å². The van der Waals surface area contributed by atoms with Gasteiger partial charge in [0, 0.05) is 12.7 Å². The molecule has 0 unspecified atom stereocenters. The number of H-pyrrole nitrogens is 1. The number of hydrogen-bond donors (Lipinski definition) is 2. The highest BCUT2D eigenvalue weighted by molar-refractivity contribution is 5.91. The van der Waals surface area contributed by atoms with E-state index >= 15 is 0 Å². The fourth-order valence-corrected chi connectivity index (χ4v) is 0.893. The van der Waals surface area contributed by atoms with Crippen LogP contribution >= 0.6 is 0 Å². The number of nitrogens with one attached hydrogen (secondary N) is 2. The van der Waals surface area contributed by atoms with E-state index in [2.05, 4.69) is 15.3 Å². The standard InChI is InChI=1S/C9H13N3O2/c1-6(2)5-11-8(13)7-3-4-10-9(14)12-7/h3-4,6H,5H2,1-2H3,(H,11,13)(H,10,12,14). The summed E-state index contributed by atoms with van der Waals surface area (Å²) in [5.41, 5.74) is -0.271. The fourth-order valence-electron chi connectivity index (χ4n) is 0.893. The lowest BCUT2D eigenvalue weighted by atomic mass is 10.2. The van der Waals surface area contributed by atoms with Crippen molar-refractivity contribution in [2.24, 2.45) is 5.92 Å². The Morgan fingerprint density at radius 3 is 2.93 bits per heavy atom. The van der Waals surface area contributed by atoms with Gasteiger partial charge in [-0.15, -0.1) is 0 Å². The molecule has 0 spiro atoms. The van der Waals surface area contributed by atoms with Crippen LogP contribution in [0, 0.1) is 5.92 Å².